The van der Waals surface area contributed by atoms with Gasteiger partial charge in [-0.3, -0.25) is 9.59 Å². The first-order chi connectivity index (χ1) is 13.5. The molecule has 29 heavy (non-hydrogen) atoms. The van der Waals surface area contributed by atoms with Gasteiger partial charge in [-0.05, 0) is 43.2 Å². The summed E-state index contributed by atoms with van der Waals surface area (Å²) in [5.41, 5.74) is 6.40. The molecule has 1 aliphatic heterocycles. The third-order valence-corrected chi connectivity index (χ3v) is 6.48. The third kappa shape index (κ3) is 4.19. The quantitative estimate of drug-likeness (QED) is 0.797. The molecule has 6 nitrogen and oxygen atoms in total. The molecule has 2 aliphatic carbocycles. The maximum absolute atomic E-state index is 13.0. The molecule has 160 valence electrons. The smallest absolute Gasteiger partial charge is 0.387 e. The van der Waals surface area contributed by atoms with Crippen LogP contribution in [0, 0.1) is 17.8 Å². The number of halogens is 3. The van der Waals surface area contributed by atoms with Gasteiger partial charge in [-0.25, -0.2) is 0 Å². The summed E-state index contributed by atoms with van der Waals surface area (Å²) in [6.45, 7) is -1.39. The molecule has 1 saturated heterocycles. The Balaban J connectivity index is 0.00000240. The molecule has 2 saturated carbocycles. The fraction of sp³-hybridized carbons (Fsp3) is 0.600. The second kappa shape index (κ2) is 8.83. The van der Waals surface area contributed by atoms with Gasteiger partial charge in [0.25, 0.3) is 5.91 Å². The van der Waals surface area contributed by atoms with Crippen LogP contribution in [-0.4, -0.2) is 60.4 Å². The van der Waals surface area contributed by atoms with Gasteiger partial charge in [0.2, 0.25) is 5.91 Å². The number of carbonyl (C=O) groups excluding carboxylic acids is 2. The number of nitrogens with two attached hydrogens (primary N) is 1. The highest BCUT2D eigenvalue weighted by Gasteiger charge is 2.50. The van der Waals surface area contributed by atoms with Gasteiger partial charge >= 0.3 is 6.61 Å². The lowest BCUT2D eigenvalue weighted by atomic mass is 9.84. The van der Waals surface area contributed by atoms with Gasteiger partial charge in [-0.2, -0.15) is 8.78 Å². The number of carbonyl (C=O) groups is 2. The number of hydrogen-bond donors (Lipinski definition) is 1. The van der Waals surface area contributed by atoms with Crippen LogP contribution in [-0.2, 0) is 4.79 Å². The number of fused-ring (bicyclic) bond motifs is 2. The predicted molar refractivity (Wildman–Crippen MR) is 105 cm³/mol. The second-order valence-corrected chi connectivity index (χ2v) is 7.93. The lowest BCUT2D eigenvalue weighted by Crippen LogP contribution is -2.54. The lowest BCUT2D eigenvalue weighted by Gasteiger charge is -2.38. The molecule has 4 atom stereocenters. The molecule has 2 amide bonds. The summed E-state index contributed by atoms with van der Waals surface area (Å²) < 4.78 is 29.6. The maximum Gasteiger partial charge on any atom is 0.387 e. The van der Waals surface area contributed by atoms with Crippen LogP contribution in [0.25, 0.3) is 0 Å². The normalized spacial score (nSPS) is 28.4. The first-order valence-corrected chi connectivity index (χ1v) is 9.83. The monoisotopic (exact) mass is 429 g/mol. The zero-order valence-electron chi connectivity index (χ0n) is 16.0. The highest BCUT2D eigenvalue weighted by Crippen LogP contribution is 2.48. The van der Waals surface area contributed by atoms with Crippen molar-refractivity contribution in [2.75, 3.05) is 26.2 Å². The third-order valence-electron chi connectivity index (χ3n) is 6.48. The molecule has 0 aromatic heterocycles. The van der Waals surface area contributed by atoms with E-state index < -0.39 is 6.61 Å². The molecule has 0 spiro atoms. The molecule has 2 N–H and O–H groups in total. The fourth-order valence-corrected chi connectivity index (χ4v) is 5.06. The number of piperazine rings is 1. The molecule has 9 heteroatoms. The summed E-state index contributed by atoms with van der Waals surface area (Å²) in [5, 5.41) is 0. The van der Waals surface area contributed by atoms with Gasteiger partial charge in [0, 0.05) is 32.2 Å². The molecule has 0 radical (unpaired) electrons. The zero-order chi connectivity index (χ0) is 19.8. The minimum atomic E-state index is -2.99. The Labute approximate surface area is 174 Å². The van der Waals surface area contributed by atoms with E-state index >= 15 is 0 Å². The molecule has 3 aliphatic rings. The van der Waals surface area contributed by atoms with Crippen molar-refractivity contribution in [1.82, 2.24) is 9.80 Å². The molecule has 1 heterocycles. The van der Waals surface area contributed by atoms with E-state index in [9.17, 15) is 18.4 Å². The summed E-state index contributed by atoms with van der Waals surface area (Å²) in [6, 6.07) is 5.94. The number of rotatable bonds is 4. The minimum Gasteiger partial charge on any atom is -0.434 e. The van der Waals surface area contributed by atoms with Crippen molar-refractivity contribution < 1.29 is 23.1 Å². The molecule has 2 bridgehead atoms. The van der Waals surface area contributed by atoms with Crippen LogP contribution < -0.4 is 10.5 Å². The van der Waals surface area contributed by atoms with Crippen LogP contribution >= 0.6 is 12.4 Å². The molecule has 1 aromatic rings. The Morgan fingerprint density at radius 2 is 1.66 bits per heavy atom. The molecule has 4 unspecified atom stereocenters. The van der Waals surface area contributed by atoms with E-state index in [0.717, 1.165) is 19.3 Å². The largest absolute Gasteiger partial charge is 0.434 e. The van der Waals surface area contributed by atoms with Crippen LogP contribution in [0.2, 0.25) is 0 Å². The van der Waals surface area contributed by atoms with Crippen molar-refractivity contribution in [2.45, 2.75) is 31.9 Å². The van der Waals surface area contributed by atoms with E-state index in [1.807, 2.05) is 0 Å². The van der Waals surface area contributed by atoms with E-state index in [0.29, 0.717) is 38.0 Å². The summed E-state index contributed by atoms with van der Waals surface area (Å²) in [7, 11) is 0. The van der Waals surface area contributed by atoms with Crippen LogP contribution in [0.4, 0.5) is 8.78 Å². The average molecular weight is 430 g/mol. The predicted octanol–water partition coefficient (Wildman–Crippen LogP) is 2.37. The lowest BCUT2D eigenvalue weighted by molar-refractivity contribution is -0.139. The first-order valence-electron chi connectivity index (χ1n) is 9.83. The first kappa shape index (κ1) is 21.8. The van der Waals surface area contributed by atoms with Gasteiger partial charge in [0.1, 0.15) is 5.75 Å². The number of hydrogen-bond acceptors (Lipinski definition) is 4. The Bertz CT molecular complexity index is 756. The molecule has 3 fully saturated rings. The molecule has 4 rings (SSSR count). The number of nitrogens with zero attached hydrogens (tertiary/aromatic N) is 2. The summed E-state index contributed by atoms with van der Waals surface area (Å²) >= 11 is 0. The van der Waals surface area contributed by atoms with Gasteiger partial charge in [-0.15, -0.1) is 12.4 Å². The zero-order valence-corrected chi connectivity index (χ0v) is 16.8. The molecular weight excluding hydrogens is 404 g/mol. The highest BCUT2D eigenvalue weighted by molar-refractivity contribution is 5.97. The van der Waals surface area contributed by atoms with Crippen molar-refractivity contribution in [2.24, 2.45) is 23.5 Å². The van der Waals surface area contributed by atoms with E-state index in [1.54, 1.807) is 21.9 Å². The number of ether oxygens (including phenoxy) is 1. The van der Waals surface area contributed by atoms with Crippen molar-refractivity contribution >= 4 is 24.2 Å². The van der Waals surface area contributed by atoms with Gasteiger partial charge in [-0.1, -0.05) is 12.1 Å². The van der Waals surface area contributed by atoms with Crippen molar-refractivity contribution in [3.8, 4) is 5.75 Å². The van der Waals surface area contributed by atoms with E-state index in [4.69, 9.17) is 5.73 Å². The number of para-hydroxylation sites is 1. The fourth-order valence-electron chi connectivity index (χ4n) is 5.06. The van der Waals surface area contributed by atoms with E-state index in [-0.39, 0.29) is 47.5 Å². The van der Waals surface area contributed by atoms with Crippen LogP contribution in [0.5, 0.6) is 5.75 Å². The Kier molecular flexibility index (Phi) is 6.63. The van der Waals surface area contributed by atoms with Crippen LogP contribution in [0.3, 0.4) is 0 Å². The van der Waals surface area contributed by atoms with Gasteiger partial charge < -0.3 is 20.3 Å². The number of amides is 2. The maximum atomic E-state index is 13.0. The van der Waals surface area contributed by atoms with Gasteiger partial charge in [0.15, 0.2) is 0 Å². The van der Waals surface area contributed by atoms with Crippen LogP contribution in [0.15, 0.2) is 24.3 Å². The molecular formula is C20H26ClF2N3O3. The highest BCUT2D eigenvalue weighted by atomic mass is 35.5. The van der Waals surface area contributed by atoms with Crippen molar-refractivity contribution in [3.05, 3.63) is 29.8 Å². The van der Waals surface area contributed by atoms with E-state index in [2.05, 4.69) is 4.74 Å². The SMILES string of the molecule is Cl.NC1C2CCC(C2)C1C(=O)N1CCN(C(=O)c2ccccc2OC(F)F)CC1. The van der Waals surface area contributed by atoms with Crippen LogP contribution in [0.1, 0.15) is 29.6 Å². The topological polar surface area (TPSA) is 75.9 Å². The van der Waals surface area contributed by atoms with E-state index in [1.165, 1.54) is 12.1 Å². The summed E-state index contributed by atoms with van der Waals surface area (Å²) in [5.74, 6) is 0.377. The minimum absolute atomic E-state index is 0. The average Bonchev–Trinajstić information content (AvgIpc) is 3.28. The van der Waals surface area contributed by atoms with Crippen molar-refractivity contribution in [3.63, 3.8) is 0 Å². The van der Waals surface area contributed by atoms with Crippen molar-refractivity contribution in [1.29, 1.82) is 0 Å². The summed E-state index contributed by atoms with van der Waals surface area (Å²) in [4.78, 5) is 29.1. The Morgan fingerprint density at radius 3 is 2.28 bits per heavy atom. The number of alkyl halides is 2. The Morgan fingerprint density at radius 1 is 1.03 bits per heavy atom. The summed E-state index contributed by atoms with van der Waals surface area (Å²) in [6.07, 6.45) is 3.25. The van der Waals surface area contributed by atoms with Gasteiger partial charge in [0.05, 0.1) is 11.5 Å². The molecule has 1 aromatic carbocycles. The second-order valence-electron chi connectivity index (χ2n) is 7.93. The standard InChI is InChI=1S/C20H25F2N3O3.ClH/c21-20(22)28-15-4-2-1-3-14(15)18(26)24-7-9-25(10-8-24)19(27)16-12-5-6-13(11-12)17(16)23;/h1-4,12-13,16-17,20H,5-11,23H2;1H. The Hall–Kier alpha value is -1.93. The number of benzene rings is 1.